The summed E-state index contributed by atoms with van der Waals surface area (Å²) in [6.07, 6.45) is 2.96. The van der Waals surface area contributed by atoms with Gasteiger partial charge in [-0.3, -0.25) is 24.5 Å². The molecule has 0 spiro atoms. The lowest BCUT2D eigenvalue weighted by Gasteiger charge is -2.39. The van der Waals surface area contributed by atoms with Crippen LogP contribution in [0.5, 0.6) is 0 Å². The molecule has 9 nitrogen and oxygen atoms in total. The molecule has 3 rings (SSSR count). The molecule has 162 valence electrons. The van der Waals surface area contributed by atoms with Crippen molar-refractivity contribution < 1.29 is 24.0 Å². The molecule has 30 heavy (non-hydrogen) atoms. The maximum Gasteiger partial charge on any atom is 0.325 e. The average Bonchev–Trinajstić information content (AvgIpc) is 2.92. The van der Waals surface area contributed by atoms with Crippen LogP contribution < -0.4 is 5.32 Å². The Labute approximate surface area is 174 Å². The number of amides is 2. The molecule has 0 unspecified atom stereocenters. The molecular formula is C21H27N3O6. The number of rotatable bonds is 6. The third kappa shape index (κ3) is 4.95. The normalized spacial score (nSPS) is 24.2. The molecule has 1 aliphatic carbocycles. The zero-order valence-corrected chi connectivity index (χ0v) is 17.5. The van der Waals surface area contributed by atoms with E-state index < -0.39 is 23.3 Å². The number of likely N-dealkylation sites (tertiary alicyclic amines) is 1. The number of benzene rings is 1. The standard InChI is InChI=1S/C21H27N3O6/c1-20(2)8-16-9-21(3,12-20)13-23(16)17(25)11-30-18(26)10-22-19(27)14-5-4-6-15(7-14)24(28)29/h4-7,16H,8-13H2,1-3H3,(H,22,27)/t16-,21-/m1/s1. The molecular weight excluding hydrogens is 390 g/mol. The summed E-state index contributed by atoms with van der Waals surface area (Å²) in [5, 5.41) is 13.1. The van der Waals surface area contributed by atoms with E-state index in [0.717, 1.165) is 25.3 Å². The number of carbonyl (C=O) groups is 3. The summed E-state index contributed by atoms with van der Waals surface area (Å²) in [6.45, 7) is 6.51. The fourth-order valence-electron chi connectivity index (χ4n) is 5.04. The Hall–Kier alpha value is -2.97. The number of hydrogen-bond donors (Lipinski definition) is 1. The Morgan fingerprint density at radius 1 is 1.27 bits per heavy atom. The molecule has 1 aliphatic heterocycles. The summed E-state index contributed by atoms with van der Waals surface area (Å²) in [7, 11) is 0. The first-order valence-corrected chi connectivity index (χ1v) is 9.96. The van der Waals surface area contributed by atoms with Gasteiger partial charge in [-0.2, -0.15) is 0 Å². The number of non-ortho nitro benzene ring substituents is 1. The van der Waals surface area contributed by atoms with Crippen LogP contribution in [0.15, 0.2) is 24.3 Å². The highest BCUT2D eigenvalue weighted by Crippen LogP contribution is 2.52. The van der Waals surface area contributed by atoms with Gasteiger partial charge >= 0.3 is 5.97 Å². The van der Waals surface area contributed by atoms with E-state index in [1.54, 1.807) is 0 Å². The van der Waals surface area contributed by atoms with Crippen molar-refractivity contribution in [3.05, 3.63) is 39.9 Å². The van der Waals surface area contributed by atoms with Crippen LogP contribution in [-0.4, -0.2) is 53.3 Å². The maximum atomic E-state index is 12.6. The van der Waals surface area contributed by atoms with Gasteiger partial charge in [0.15, 0.2) is 6.61 Å². The van der Waals surface area contributed by atoms with Gasteiger partial charge in [-0.05, 0) is 36.2 Å². The molecule has 2 aliphatic rings. The molecule has 2 amide bonds. The highest BCUT2D eigenvalue weighted by molar-refractivity contribution is 5.96. The number of nitrogens with one attached hydrogen (secondary N) is 1. The van der Waals surface area contributed by atoms with Crippen LogP contribution in [0.1, 0.15) is 50.4 Å². The van der Waals surface area contributed by atoms with Gasteiger partial charge in [0.05, 0.1) is 4.92 Å². The van der Waals surface area contributed by atoms with Crippen LogP contribution >= 0.6 is 0 Å². The van der Waals surface area contributed by atoms with Crippen LogP contribution in [0.25, 0.3) is 0 Å². The second-order valence-electron chi connectivity index (χ2n) is 9.39. The van der Waals surface area contributed by atoms with Crippen molar-refractivity contribution in [1.82, 2.24) is 10.2 Å². The van der Waals surface area contributed by atoms with Gasteiger partial charge in [0.1, 0.15) is 6.54 Å². The summed E-state index contributed by atoms with van der Waals surface area (Å²) in [5.41, 5.74) is 0.121. The molecule has 1 saturated heterocycles. The van der Waals surface area contributed by atoms with E-state index in [1.807, 2.05) is 4.90 Å². The van der Waals surface area contributed by atoms with Crippen molar-refractivity contribution in [3.63, 3.8) is 0 Å². The molecule has 2 fully saturated rings. The third-order valence-corrected chi connectivity index (χ3v) is 5.80. The number of nitro benzene ring substituents is 1. The van der Waals surface area contributed by atoms with Gasteiger partial charge in [0.25, 0.3) is 17.5 Å². The SMILES string of the molecule is CC1(C)C[C@@H]2C[C@@](C)(CN2C(=O)COC(=O)CNC(=O)c2cccc([N+](=O)[O-])c2)C1. The van der Waals surface area contributed by atoms with Crippen LogP contribution in [0.4, 0.5) is 5.69 Å². The fourth-order valence-corrected chi connectivity index (χ4v) is 5.04. The van der Waals surface area contributed by atoms with Crippen molar-refractivity contribution in [1.29, 1.82) is 0 Å². The summed E-state index contributed by atoms with van der Waals surface area (Å²) in [4.78, 5) is 48.6. The van der Waals surface area contributed by atoms with Crippen molar-refractivity contribution in [2.45, 2.75) is 46.1 Å². The minimum Gasteiger partial charge on any atom is -0.454 e. The molecule has 0 radical (unpaired) electrons. The minimum atomic E-state index is -0.740. The van der Waals surface area contributed by atoms with E-state index in [0.29, 0.717) is 6.54 Å². The number of esters is 1. The van der Waals surface area contributed by atoms with Crippen molar-refractivity contribution in [2.24, 2.45) is 10.8 Å². The molecule has 1 saturated carbocycles. The van der Waals surface area contributed by atoms with E-state index >= 15 is 0 Å². The van der Waals surface area contributed by atoms with Crippen LogP contribution in [-0.2, 0) is 14.3 Å². The maximum absolute atomic E-state index is 12.6. The lowest BCUT2D eigenvalue weighted by atomic mass is 9.65. The van der Waals surface area contributed by atoms with Crippen LogP contribution in [0.2, 0.25) is 0 Å². The number of nitro groups is 1. The van der Waals surface area contributed by atoms with Crippen molar-refractivity contribution in [2.75, 3.05) is 19.7 Å². The van der Waals surface area contributed by atoms with E-state index in [1.165, 1.54) is 18.2 Å². The van der Waals surface area contributed by atoms with Crippen LogP contribution in [0.3, 0.4) is 0 Å². The summed E-state index contributed by atoms with van der Waals surface area (Å²) in [6, 6.07) is 5.35. The highest BCUT2D eigenvalue weighted by Gasteiger charge is 2.50. The fraction of sp³-hybridized carbons (Fsp3) is 0.571. The Bertz CT molecular complexity index is 883. The lowest BCUT2D eigenvalue weighted by Crippen LogP contribution is -2.40. The number of ether oxygens (including phenoxy) is 1. The molecule has 1 aromatic carbocycles. The smallest absolute Gasteiger partial charge is 0.325 e. The van der Waals surface area contributed by atoms with Gasteiger partial charge in [-0.25, -0.2) is 0 Å². The Kier molecular flexibility index (Phi) is 5.83. The molecule has 1 N–H and O–H groups in total. The first kappa shape index (κ1) is 21.7. The van der Waals surface area contributed by atoms with Gasteiger partial charge < -0.3 is 15.0 Å². The minimum absolute atomic E-state index is 0.0632. The van der Waals surface area contributed by atoms with E-state index in [9.17, 15) is 24.5 Å². The van der Waals surface area contributed by atoms with Gasteiger partial charge in [0.2, 0.25) is 0 Å². The van der Waals surface area contributed by atoms with E-state index in [2.05, 4.69) is 26.1 Å². The predicted molar refractivity (Wildman–Crippen MR) is 108 cm³/mol. The van der Waals surface area contributed by atoms with Crippen molar-refractivity contribution >= 4 is 23.5 Å². The first-order valence-electron chi connectivity index (χ1n) is 9.96. The average molecular weight is 417 g/mol. The Morgan fingerprint density at radius 2 is 2.00 bits per heavy atom. The molecule has 0 aromatic heterocycles. The molecule has 9 heteroatoms. The molecule has 1 aromatic rings. The van der Waals surface area contributed by atoms with Crippen LogP contribution in [0, 0.1) is 20.9 Å². The van der Waals surface area contributed by atoms with Crippen molar-refractivity contribution in [3.8, 4) is 0 Å². The predicted octanol–water partition coefficient (Wildman–Crippen LogP) is 2.29. The zero-order chi connectivity index (χ0) is 22.1. The second-order valence-corrected chi connectivity index (χ2v) is 9.39. The number of fused-ring (bicyclic) bond motifs is 2. The van der Waals surface area contributed by atoms with Gasteiger partial charge in [-0.1, -0.05) is 26.8 Å². The second kappa shape index (κ2) is 8.04. The quantitative estimate of drug-likeness (QED) is 0.431. The van der Waals surface area contributed by atoms with Gasteiger partial charge in [-0.15, -0.1) is 0 Å². The summed E-state index contributed by atoms with van der Waals surface area (Å²) < 4.78 is 5.04. The summed E-state index contributed by atoms with van der Waals surface area (Å²) in [5.74, 6) is -1.60. The molecule has 1 heterocycles. The van der Waals surface area contributed by atoms with Gasteiger partial charge in [0, 0.05) is 30.3 Å². The highest BCUT2D eigenvalue weighted by atomic mass is 16.6. The number of carbonyl (C=O) groups excluding carboxylic acids is 3. The molecule has 2 atom stereocenters. The first-order chi connectivity index (χ1) is 14.0. The van der Waals surface area contributed by atoms with E-state index in [4.69, 9.17) is 4.74 Å². The zero-order valence-electron chi connectivity index (χ0n) is 17.5. The number of nitrogens with zero attached hydrogens (tertiary/aromatic N) is 2. The molecule has 2 bridgehead atoms. The third-order valence-electron chi connectivity index (χ3n) is 5.80. The summed E-state index contributed by atoms with van der Waals surface area (Å²) >= 11 is 0. The lowest BCUT2D eigenvalue weighted by molar-refractivity contribution is -0.384. The Balaban J connectivity index is 1.47. The monoisotopic (exact) mass is 417 g/mol. The largest absolute Gasteiger partial charge is 0.454 e. The Morgan fingerprint density at radius 3 is 2.70 bits per heavy atom. The number of hydrogen-bond acceptors (Lipinski definition) is 6. The topological polar surface area (TPSA) is 119 Å². The van der Waals surface area contributed by atoms with E-state index in [-0.39, 0.29) is 40.6 Å².